The highest BCUT2D eigenvalue weighted by Gasteiger charge is 2.10. The molecule has 6 heteroatoms. The van der Waals surface area contributed by atoms with Crippen molar-refractivity contribution in [2.45, 2.75) is 0 Å². The first-order chi connectivity index (χ1) is 10.7. The number of hydrogen-bond acceptors (Lipinski definition) is 5. The molecule has 0 aliphatic carbocycles. The van der Waals surface area contributed by atoms with Crippen LogP contribution in [-0.2, 0) is 0 Å². The minimum absolute atomic E-state index is 0.449. The van der Waals surface area contributed by atoms with Gasteiger partial charge in [-0.15, -0.1) is 0 Å². The van der Waals surface area contributed by atoms with Crippen molar-refractivity contribution in [2.24, 2.45) is 5.73 Å². The smallest absolute Gasteiger partial charge is 0.248 e. The Bertz CT molecular complexity index is 846. The molecule has 4 N–H and O–H groups in total. The standard InChI is InChI=1S/C16H17N5O/c1-18-6-7-20-16-12-4-5-19-9-13(12)11-3-2-10(15(17)22)8-14(11)21-16/h2-5,8-9,18H,6-7H2,1H3,(H2,17,22)(H,20,21). The van der Waals surface area contributed by atoms with E-state index in [0.29, 0.717) is 5.56 Å². The molecule has 0 aliphatic heterocycles. The van der Waals surface area contributed by atoms with E-state index in [-0.39, 0.29) is 0 Å². The van der Waals surface area contributed by atoms with Gasteiger partial charge in [0.1, 0.15) is 5.82 Å². The number of pyridine rings is 2. The fourth-order valence-electron chi connectivity index (χ4n) is 2.44. The summed E-state index contributed by atoms with van der Waals surface area (Å²) in [5, 5.41) is 9.35. The Labute approximate surface area is 127 Å². The number of benzene rings is 1. The molecular weight excluding hydrogens is 278 g/mol. The van der Waals surface area contributed by atoms with Gasteiger partial charge in [0.25, 0.3) is 0 Å². The van der Waals surface area contributed by atoms with Gasteiger partial charge in [-0.25, -0.2) is 4.98 Å². The van der Waals surface area contributed by atoms with Crippen LogP contribution in [0.3, 0.4) is 0 Å². The first-order valence-electron chi connectivity index (χ1n) is 7.06. The number of amides is 1. The van der Waals surface area contributed by atoms with Gasteiger partial charge in [-0.05, 0) is 25.2 Å². The monoisotopic (exact) mass is 295 g/mol. The predicted molar refractivity (Wildman–Crippen MR) is 88.0 cm³/mol. The van der Waals surface area contributed by atoms with E-state index >= 15 is 0 Å². The van der Waals surface area contributed by atoms with Gasteiger partial charge in [0, 0.05) is 47.2 Å². The molecule has 6 nitrogen and oxygen atoms in total. The van der Waals surface area contributed by atoms with Crippen LogP contribution in [0.25, 0.3) is 21.7 Å². The van der Waals surface area contributed by atoms with E-state index in [1.807, 2.05) is 25.4 Å². The Morgan fingerprint density at radius 3 is 2.82 bits per heavy atom. The second-order valence-corrected chi connectivity index (χ2v) is 5.01. The van der Waals surface area contributed by atoms with E-state index in [1.165, 1.54) is 0 Å². The molecule has 1 aromatic carbocycles. The number of nitrogens with two attached hydrogens (primary N) is 1. The van der Waals surface area contributed by atoms with Crippen LogP contribution >= 0.6 is 0 Å². The van der Waals surface area contributed by atoms with Crippen molar-refractivity contribution in [3.05, 3.63) is 42.2 Å². The normalized spacial score (nSPS) is 11.0. The number of carbonyl (C=O) groups is 1. The van der Waals surface area contributed by atoms with Crippen molar-refractivity contribution < 1.29 is 4.79 Å². The van der Waals surface area contributed by atoms with Crippen LogP contribution in [-0.4, -0.2) is 36.0 Å². The summed E-state index contributed by atoms with van der Waals surface area (Å²) in [5.74, 6) is 0.321. The van der Waals surface area contributed by atoms with Crippen LogP contribution in [0.1, 0.15) is 10.4 Å². The van der Waals surface area contributed by atoms with Crippen molar-refractivity contribution >= 4 is 33.4 Å². The Hall–Kier alpha value is -2.73. The van der Waals surface area contributed by atoms with Crippen molar-refractivity contribution in [2.75, 3.05) is 25.5 Å². The molecule has 0 atom stereocenters. The van der Waals surface area contributed by atoms with Crippen LogP contribution in [0, 0.1) is 0 Å². The average molecular weight is 295 g/mol. The molecule has 1 amide bonds. The zero-order chi connectivity index (χ0) is 15.5. The Balaban J connectivity index is 2.20. The molecule has 2 heterocycles. The molecule has 0 fully saturated rings. The molecule has 0 saturated carbocycles. The number of hydrogen-bond donors (Lipinski definition) is 3. The molecule has 0 aliphatic rings. The van der Waals surface area contributed by atoms with E-state index in [0.717, 1.165) is 40.6 Å². The van der Waals surface area contributed by atoms with E-state index in [9.17, 15) is 4.79 Å². The zero-order valence-electron chi connectivity index (χ0n) is 12.3. The van der Waals surface area contributed by atoms with Gasteiger partial charge < -0.3 is 16.4 Å². The van der Waals surface area contributed by atoms with Crippen molar-refractivity contribution in [1.29, 1.82) is 0 Å². The van der Waals surface area contributed by atoms with Gasteiger partial charge in [0.05, 0.1) is 5.52 Å². The third-order valence-corrected chi connectivity index (χ3v) is 3.55. The lowest BCUT2D eigenvalue weighted by Gasteiger charge is -2.11. The minimum Gasteiger partial charge on any atom is -0.368 e. The maximum absolute atomic E-state index is 11.4. The lowest BCUT2D eigenvalue weighted by Crippen LogP contribution is -2.18. The first-order valence-corrected chi connectivity index (χ1v) is 7.06. The molecule has 0 bridgehead atoms. The van der Waals surface area contributed by atoms with Crippen LogP contribution in [0.15, 0.2) is 36.7 Å². The van der Waals surface area contributed by atoms with Crippen LogP contribution in [0.2, 0.25) is 0 Å². The fourth-order valence-corrected chi connectivity index (χ4v) is 2.44. The predicted octanol–water partition coefficient (Wildman–Crippen LogP) is 1.51. The molecule has 22 heavy (non-hydrogen) atoms. The van der Waals surface area contributed by atoms with Gasteiger partial charge >= 0.3 is 0 Å². The molecule has 0 saturated heterocycles. The molecule has 0 radical (unpaired) electrons. The maximum Gasteiger partial charge on any atom is 0.248 e. The lowest BCUT2D eigenvalue weighted by atomic mass is 10.1. The summed E-state index contributed by atoms with van der Waals surface area (Å²) in [7, 11) is 1.90. The number of rotatable bonds is 5. The number of fused-ring (bicyclic) bond motifs is 3. The van der Waals surface area contributed by atoms with Crippen LogP contribution < -0.4 is 16.4 Å². The number of likely N-dealkylation sites (N-methyl/N-ethyl adjacent to an activating group) is 1. The second-order valence-electron chi connectivity index (χ2n) is 5.01. The Morgan fingerprint density at radius 2 is 2.05 bits per heavy atom. The molecule has 2 aromatic heterocycles. The van der Waals surface area contributed by atoms with Gasteiger partial charge in [0.2, 0.25) is 5.91 Å². The quantitative estimate of drug-likeness (QED) is 0.490. The number of primary amides is 1. The zero-order valence-corrected chi connectivity index (χ0v) is 12.3. The Morgan fingerprint density at radius 1 is 1.18 bits per heavy atom. The molecule has 3 rings (SSSR count). The highest BCUT2D eigenvalue weighted by Crippen LogP contribution is 2.29. The molecular formula is C16H17N5O. The summed E-state index contributed by atoms with van der Waals surface area (Å²) in [6.07, 6.45) is 3.56. The van der Waals surface area contributed by atoms with Gasteiger partial charge in [-0.1, -0.05) is 6.07 Å². The first kappa shape index (κ1) is 14.2. The molecule has 3 aromatic rings. The summed E-state index contributed by atoms with van der Waals surface area (Å²) in [6.45, 7) is 1.58. The molecule has 0 spiro atoms. The summed E-state index contributed by atoms with van der Waals surface area (Å²) in [4.78, 5) is 20.2. The topological polar surface area (TPSA) is 92.9 Å². The van der Waals surface area contributed by atoms with Gasteiger partial charge in [-0.2, -0.15) is 0 Å². The SMILES string of the molecule is CNCCNc1nc2cc(C(N)=O)ccc2c2cnccc12. The largest absolute Gasteiger partial charge is 0.368 e. The van der Waals surface area contributed by atoms with Crippen molar-refractivity contribution in [1.82, 2.24) is 15.3 Å². The highest BCUT2D eigenvalue weighted by molar-refractivity contribution is 6.11. The third-order valence-electron chi connectivity index (χ3n) is 3.55. The van der Waals surface area contributed by atoms with Crippen LogP contribution in [0.5, 0.6) is 0 Å². The van der Waals surface area contributed by atoms with Crippen LogP contribution in [0.4, 0.5) is 5.82 Å². The van der Waals surface area contributed by atoms with E-state index < -0.39 is 5.91 Å². The summed E-state index contributed by atoms with van der Waals surface area (Å²) >= 11 is 0. The highest BCUT2D eigenvalue weighted by atomic mass is 16.1. The van der Waals surface area contributed by atoms with Gasteiger partial charge in [-0.3, -0.25) is 9.78 Å². The van der Waals surface area contributed by atoms with E-state index in [4.69, 9.17) is 5.73 Å². The third kappa shape index (κ3) is 2.56. The van der Waals surface area contributed by atoms with E-state index in [1.54, 1.807) is 18.3 Å². The number of aromatic nitrogens is 2. The maximum atomic E-state index is 11.4. The summed E-state index contributed by atoms with van der Waals surface area (Å²) < 4.78 is 0. The second kappa shape index (κ2) is 5.95. The van der Waals surface area contributed by atoms with E-state index in [2.05, 4.69) is 20.6 Å². The number of nitrogens with one attached hydrogen (secondary N) is 2. The number of nitrogens with zero attached hydrogens (tertiary/aromatic N) is 2. The Kier molecular flexibility index (Phi) is 3.84. The molecule has 112 valence electrons. The van der Waals surface area contributed by atoms with Crippen molar-refractivity contribution in [3.63, 3.8) is 0 Å². The van der Waals surface area contributed by atoms with Crippen molar-refractivity contribution in [3.8, 4) is 0 Å². The fraction of sp³-hybridized carbons (Fsp3) is 0.188. The molecule has 0 unspecified atom stereocenters. The summed E-state index contributed by atoms with van der Waals surface area (Å²) in [5.41, 5.74) is 6.52. The number of anilines is 1. The summed E-state index contributed by atoms with van der Waals surface area (Å²) in [6, 6.07) is 7.23. The minimum atomic E-state index is -0.459. The number of carbonyl (C=O) groups excluding carboxylic acids is 1. The average Bonchev–Trinajstić information content (AvgIpc) is 2.54. The van der Waals surface area contributed by atoms with Gasteiger partial charge in [0.15, 0.2) is 0 Å². The lowest BCUT2D eigenvalue weighted by molar-refractivity contribution is 0.100.